The third kappa shape index (κ3) is 3.23. The lowest BCUT2D eigenvalue weighted by Crippen LogP contribution is -2.36. The molecule has 1 fully saturated rings. The molecule has 0 aliphatic carbocycles. The van der Waals surface area contributed by atoms with Crippen LogP contribution in [0.1, 0.15) is 36.2 Å². The number of aliphatic hydroxyl groups is 1. The molecule has 2 heterocycles. The van der Waals surface area contributed by atoms with E-state index in [4.69, 9.17) is 5.11 Å². The van der Waals surface area contributed by atoms with Crippen molar-refractivity contribution in [3.63, 3.8) is 0 Å². The number of carbonyl (C=O) groups excluding carboxylic acids is 1. The van der Waals surface area contributed by atoms with Crippen LogP contribution in [0.3, 0.4) is 0 Å². The first-order valence-corrected chi connectivity index (χ1v) is 6.82. The second-order valence-corrected chi connectivity index (χ2v) is 4.84. The summed E-state index contributed by atoms with van der Waals surface area (Å²) in [5.74, 6) is 0.00286. The smallest absolute Gasteiger partial charge is 0.272 e. The summed E-state index contributed by atoms with van der Waals surface area (Å²) in [6.45, 7) is 0.984. The molecule has 5 heteroatoms. The lowest BCUT2D eigenvalue weighted by atomic mass is 10.1. The minimum absolute atomic E-state index is 0.00286. The highest BCUT2D eigenvalue weighted by Gasteiger charge is 2.29. The van der Waals surface area contributed by atoms with Crippen LogP contribution in [0.4, 0.5) is 5.69 Å². The SMILES string of the molecule is CNc1ccc(C(=O)N2CCCC2CCCO)nc1. The van der Waals surface area contributed by atoms with Crippen molar-refractivity contribution in [3.8, 4) is 0 Å². The molecule has 104 valence electrons. The predicted octanol–water partition coefficient (Wildman–Crippen LogP) is 1.50. The number of hydrogen-bond acceptors (Lipinski definition) is 4. The van der Waals surface area contributed by atoms with Crippen molar-refractivity contribution >= 4 is 11.6 Å². The van der Waals surface area contributed by atoms with E-state index in [9.17, 15) is 4.79 Å². The average Bonchev–Trinajstić information content (AvgIpc) is 2.92. The molecule has 0 aromatic carbocycles. The van der Waals surface area contributed by atoms with E-state index in [1.807, 2.05) is 18.0 Å². The zero-order chi connectivity index (χ0) is 13.7. The number of nitrogens with zero attached hydrogens (tertiary/aromatic N) is 2. The summed E-state index contributed by atoms with van der Waals surface area (Å²) < 4.78 is 0. The van der Waals surface area contributed by atoms with Crippen LogP contribution < -0.4 is 5.32 Å². The van der Waals surface area contributed by atoms with Crippen molar-refractivity contribution in [2.24, 2.45) is 0 Å². The van der Waals surface area contributed by atoms with Crippen LogP contribution in [0.5, 0.6) is 0 Å². The first kappa shape index (κ1) is 13.8. The molecule has 1 saturated heterocycles. The number of nitrogens with one attached hydrogen (secondary N) is 1. The van der Waals surface area contributed by atoms with Gasteiger partial charge in [0.15, 0.2) is 0 Å². The Balaban J connectivity index is 2.04. The molecule has 1 atom stereocenters. The predicted molar refractivity (Wildman–Crippen MR) is 74.2 cm³/mol. The van der Waals surface area contributed by atoms with E-state index < -0.39 is 0 Å². The number of aromatic nitrogens is 1. The highest BCUT2D eigenvalue weighted by Crippen LogP contribution is 2.23. The van der Waals surface area contributed by atoms with Crippen LogP contribution in [0.25, 0.3) is 0 Å². The Labute approximate surface area is 113 Å². The van der Waals surface area contributed by atoms with E-state index in [0.29, 0.717) is 5.69 Å². The van der Waals surface area contributed by atoms with Gasteiger partial charge in [-0.2, -0.15) is 0 Å². The molecule has 1 aromatic heterocycles. The molecular formula is C14H21N3O2. The Kier molecular flexibility index (Phi) is 4.74. The molecule has 2 N–H and O–H groups in total. The van der Waals surface area contributed by atoms with Gasteiger partial charge in [0.05, 0.1) is 11.9 Å². The zero-order valence-corrected chi connectivity index (χ0v) is 11.3. The summed E-state index contributed by atoms with van der Waals surface area (Å²) in [4.78, 5) is 18.5. The molecule has 0 radical (unpaired) electrons. The Morgan fingerprint density at radius 3 is 3.05 bits per heavy atom. The third-order valence-electron chi connectivity index (χ3n) is 3.60. The van der Waals surface area contributed by atoms with Gasteiger partial charge in [-0.1, -0.05) is 0 Å². The van der Waals surface area contributed by atoms with Gasteiger partial charge in [0.1, 0.15) is 5.69 Å². The van der Waals surface area contributed by atoms with Crippen LogP contribution in [0, 0.1) is 0 Å². The summed E-state index contributed by atoms with van der Waals surface area (Å²) >= 11 is 0. The van der Waals surface area contributed by atoms with Gasteiger partial charge in [0.2, 0.25) is 0 Å². The molecule has 0 bridgehead atoms. The summed E-state index contributed by atoms with van der Waals surface area (Å²) in [6, 6.07) is 3.87. The molecule has 0 spiro atoms. The Morgan fingerprint density at radius 2 is 2.42 bits per heavy atom. The number of pyridine rings is 1. The number of hydrogen-bond donors (Lipinski definition) is 2. The van der Waals surface area contributed by atoms with Crippen LogP contribution in [-0.4, -0.2) is 47.1 Å². The highest BCUT2D eigenvalue weighted by atomic mass is 16.3. The summed E-state index contributed by atoms with van der Waals surface area (Å²) in [5, 5.41) is 11.9. The normalized spacial score (nSPS) is 18.6. The van der Waals surface area contributed by atoms with Crippen molar-refractivity contribution < 1.29 is 9.90 Å². The second-order valence-electron chi connectivity index (χ2n) is 4.84. The number of anilines is 1. The van der Waals surface area contributed by atoms with Crippen LogP contribution >= 0.6 is 0 Å². The number of aliphatic hydroxyl groups excluding tert-OH is 1. The van der Waals surface area contributed by atoms with Crippen LogP contribution in [0.2, 0.25) is 0 Å². The van der Waals surface area contributed by atoms with Gasteiger partial charge in [0, 0.05) is 26.2 Å². The average molecular weight is 263 g/mol. The Hall–Kier alpha value is -1.62. The van der Waals surface area contributed by atoms with Gasteiger partial charge < -0.3 is 15.3 Å². The quantitative estimate of drug-likeness (QED) is 0.845. The molecule has 19 heavy (non-hydrogen) atoms. The van der Waals surface area contributed by atoms with Crippen molar-refractivity contribution in [2.45, 2.75) is 31.7 Å². The standard InChI is InChI=1S/C14H21N3O2/c1-15-11-6-7-13(16-10-11)14(19)17-8-2-4-12(17)5-3-9-18/h6-7,10,12,15,18H,2-5,8-9H2,1H3. The maximum absolute atomic E-state index is 12.4. The molecule has 1 amide bonds. The number of carbonyl (C=O) groups is 1. The summed E-state index contributed by atoms with van der Waals surface area (Å²) in [7, 11) is 1.82. The topological polar surface area (TPSA) is 65.5 Å². The van der Waals surface area contributed by atoms with Gasteiger partial charge in [0.25, 0.3) is 5.91 Å². The summed E-state index contributed by atoms with van der Waals surface area (Å²) in [5.41, 5.74) is 1.39. The molecular weight excluding hydrogens is 242 g/mol. The lowest BCUT2D eigenvalue weighted by molar-refractivity contribution is 0.0718. The molecule has 1 aromatic rings. The number of rotatable bonds is 5. The minimum atomic E-state index is 0.00286. The van der Waals surface area contributed by atoms with Crippen molar-refractivity contribution in [1.29, 1.82) is 0 Å². The number of likely N-dealkylation sites (tertiary alicyclic amines) is 1. The third-order valence-corrected chi connectivity index (χ3v) is 3.60. The van der Waals surface area contributed by atoms with Gasteiger partial charge >= 0.3 is 0 Å². The minimum Gasteiger partial charge on any atom is -0.396 e. The molecule has 5 nitrogen and oxygen atoms in total. The summed E-state index contributed by atoms with van der Waals surface area (Å²) in [6.07, 6.45) is 5.36. The van der Waals surface area contributed by atoms with Crippen molar-refractivity contribution in [1.82, 2.24) is 9.88 Å². The van der Waals surface area contributed by atoms with Gasteiger partial charge in [-0.15, -0.1) is 0 Å². The fourth-order valence-electron chi connectivity index (χ4n) is 2.55. The molecule has 0 saturated carbocycles. The second kappa shape index (κ2) is 6.52. The first-order chi connectivity index (χ1) is 9.26. The van der Waals surface area contributed by atoms with Gasteiger partial charge in [-0.3, -0.25) is 4.79 Å². The maximum atomic E-state index is 12.4. The van der Waals surface area contributed by atoms with E-state index in [1.54, 1.807) is 12.3 Å². The van der Waals surface area contributed by atoms with Crippen molar-refractivity contribution in [3.05, 3.63) is 24.0 Å². The Bertz CT molecular complexity index is 419. The van der Waals surface area contributed by atoms with E-state index in [0.717, 1.165) is 37.9 Å². The highest BCUT2D eigenvalue weighted by molar-refractivity contribution is 5.92. The van der Waals surface area contributed by atoms with Gasteiger partial charge in [-0.25, -0.2) is 4.98 Å². The number of amides is 1. The van der Waals surface area contributed by atoms with E-state index in [1.165, 1.54) is 0 Å². The van der Waals surface area contributed by atoms with Crippen LogP contribution in [-0.2, 0) is 0 Å². The van der Waals surface area contributed by atoms with E-state index in [-0.39, 0.29) is 18.6 Å². The molecule has 2 rings (SSSR count). The molecule has 1 aliphatic heterocycles. The fraction of sp³-hybridized carbons (Fsp3) is 0.571. The van der Waals surface area contributed by atoms with Crippen LogP contribution in [0.15, 0.2) is 18.3 Å². The maximum Gasteiger partial charge on any atom is 0.272 e. The van der Waals surface area contributed by atoms with Gasteiger partial charge in [-0.05, 0) is 37.8 Å². The largest absolute Gasteiger partial charge is 0.396 e. The fourth-order valence-corrected chi connectivity index (χ4v) is 2.55. The first-order valence-electron chi connectivity index (χ1n) is 6.82. The molecule has 1 unspecified atom stereocenters. The monoisotopic (exact) mass is 263 g/mol. The Morgan fingerprint density at radius 1 is 1.58 bits per heavy atom. The lowest BCUT2D eigenvalue weighted by Gasteiger charge is -2.24. The van der Waals surface area contributed by atoms with E-state index >= 15 is 0 Å². The zero-order valence-electron chi connectivity index (χ0n) is 11.3. The molecule has 1 aliphatic rings. The van der Waals surface area contributed by atoms with E-state index in [2.05, 4.69) is 10.3 Å². The van der Waals surface area contributed by atoms with Crippen molar-refractivity contribution in [2.75, 3.05) is 25.5 Å².